The van der Waals surface area contributed by atoms with Crippen LogP contribution in [0.5, 0.6) is 0 Å². The predicted molar refractivity (Wildman–Crippen MR) is 148 cm³/mol. The molecule has 0 bridgehead atoms. The highest BCUT2D eigenvalue weighted by Gasteiger charge is 2.17. The molecule has 0 atom stereocenters. The Labute approximate surface area is 223 Å². The van der Waals surface area contributed by atoms with Crippen LogP contribution in [-0.2, 0) is 9.53 Å². The highest BCUT2D eigenvalue weighted by atomic mass is 16.5. The highest BCUT2D eigenvalue weighted by Crippen LogP contribution is 2.35. The first kappa shape index (κ1) is 27.1. The predicted octanol–water partition coefficient (Wildman–Crippen LogP) is 6.64. The molecule has 0 aliphatic carbocycles. The third-order valence-corrected chi connectivity index (χ3v) is 6.68. The third-order valence-electron chi connectivity index (χ3n) is 6.68. The number of carbonyl (C=O) groups is 1. The maximum atomic E-state index is 10.6. The number of anilines is 2. The summed E-state index contributed by atoms with van der Waals surface area (Å²) in [6, 6.07) is 15.1. The zero-order valence-corrected chi connectivity index (χ0v) is 22.4. The van der Waals surface area contributed by atoms with Crippen LogP contribution in [0, 0.1) is 20.8 Å². The van der Waals surface area contributed by atoms with E-state index in [2.05, 4.69) is 64.4 Å². The first-order chi connectivity index (χ1) is 18.4. The summed E-state index contributed by atoms with van der Waals surface area (Å²) in [6.45, 7) is 7.23. The van der Waals surface area contributed by atoms with Gasteiger partial charge in [0.05, 0.1) is 12.0 Å². The Bertz CT molecular complexity index is 1290. The number of aryl methyl sites for hydroxylation is 3. The Morgan fingerprint density at radius 2 is 1.79 bits per heavy atom. The van der Waals surface area contributed by atoms with E-state index < -0.39 is 5.97 Å². The lowest BCUT2D eigenvalue weighted by molar-refractivity contribution is -0.142. The van der Waals surface area contributed by atoms with Gasteiger partial charge in [0.1, 0.15) is 12.4 Å². The van der Waals surface area contributed by atoms with Gasteiger partial charge in [0.25, 0.3) is 0 Å². The van der Waals surface area contributed by atoms with E-state index in [4.69, 9.17) is 14.4 Å². The van der Waals surface area contributed by atoms with Crippen LogP contribution >= 0.6 is 0 Å². The molecule has 200 valence electrons. The Morgan fingerprint density at radius 1 is 1.03 bits per heavy atom. The van der Waals surface area contributed by atoms with Gasteiger partial charge >= 0.3 is 5.97 Å². The summed E-state index contributed by atoms with van der Waals surface area (Å²) in [4.78, 5) is 17.1. The van der Waals surface area contributed by atoms with Crippen LogP contribution in [0.3, 0.4) is 0 Å². The number of aliphatic carboxylic acids is 1. The fraction of sp³-hybridized carbons (Fsp3) is 0.367. The van der Waals surface area contributed by atoms with Gasteiger partial charge in [-0.15, -0.1) is 0 Å². The lowest BCUT2D eigenvalue weighted by Gasteiger charge is -2.28. The van der Waals surface area contributed by atoms with Crippen molar-refractivity contribution in [2.45, 2.75) is 52.9 Å². The molecule has 2 heterocycles. The molecule has 38 heavy (non-hydrogen) atoms. The molecular formula is C30H36N4O4. The molecule has 0 fully saturated rings. The molecule has 0 aliphatic heterocycles. The standard InChI is InChI=1S/C30H36N4O4/c1-22-9-10-25(30-23(2)32-38-24(30)3)19-28(22)34(16-7-5-4-6-8-18-37-20-29(35)36)27-13-11-26(12-14-27)33-17-15-31-21-33/h9-15,17,19,21H,4-8,16,18,20H2,1-3H3,(H,35,36). The summed E-state index contributed by atoms with van der Waals surface area (Å²) in [6.07, 6.45) is 10.6. The topological polar surface area (TPSA) is 93.6 Å². The molecule has 0 saturated heterocycles. The molecule has 2 aromatic heterocycles. The molecule has 4 rings (SSSR count). The van der Waals surface area contributed by atoms with E-state index in [1.54, 1.807) is 12.5 Å². The minimum atomic E-state index is -0.920. The third kappa shape index (κ3) is 6.89. The van der Waals surface area contributed by atoms with E-state index in [-0.39, 0.29) is 6.61 Å². The fourth-order valence-corrected chi connectivity index (χ4v) is 4.72. The molecule has 0 unspecified atom stereocenters. The normalized spacial score (nSPS) is 11.1. The largest absolute Gasteiger partial charge is 0.480 e. The van der Waals surface area contributed by atoms with Crippen LogP contribution in [0.15, 0.2) is 65.7 Å². The van der Waals surface area contributed by atoms with Gasteiger partial charge in [-0.3, -0.25) is 0 Å². The molecule has 0 radical (unpaired) electrons. The zero-order valence-electron chi connectivity index (χ0n) is 22.4. The molecule has 0 aliphatic rings. The number of benzene rings is 2. The van der Waals surface area contributed by atoms with Crippen LogP contribution in [0.1, 0.15) is 49.1 Å². The monoisotopic (exact) mass is 516 g/mol. The molecule has 0 amide bonds. The number of rotatable bonds is 14. The van der Waals surface area contributed by atoms with Crippen molar-refractivity contribution >= 4 is 17.3 Å². The van der Waals surface area contributed by atoms with Gasteiger partial charge in [-0.05, 0) is 75.1 Å². The number of carboxylic acid groups (broad SMARTS) is 1. The zero-order chi connectivity index (χ0) is 26.9. The van der Waals surface area contributed by atoms with Crippen LogP contribution < -0.4 is 4.90 Å². The molecular weight excluding hydrogens is 480 g/mol. The average molecular weight is 517 g/mol. The van der Waals surface area contributed by atoms with Crippen LogP contribution in [0.2, 0.25) is 0 Å². The molecule has 4 aromatic rings. The molecule has 0 spiro atoms. The number of hydrogen-bond donors (Lipinski definition) is 1. The van der Waals surface area contributed by atoms with Gasteiger partial charge in [0.15, 0.2) is 0 Å². The quantitative estimate of drug-likeness (QED) is 0.188. The van der Waals surface area contributed by atoms with Gasteiger partial charge < -0.3 is 23.8 Å². The van der Waals surface area contributed by atoms with Gasteiger partial charge in [0, 0.05) is 48.2 Å². The van der Waals surface area contributed by atoms with Gasteiger partial charge in [-0.2, -0.15) is 0 Å². The maximum absolute atomic E-state index is 10.6. The number of ether oxygens (including phenoxy) is 1. The fourth-order valence-electron chi connectivity index (χ4n) is 4.72. The van der Waals surface area contributed by atoms with Crippen molar-refractivity contribution in [2.24, 2.45) is 0 Å². The van der Waals surface area contributed by atoms with Crippen molar-refractivity contribution < 1.29 is 19.2 Å². The summed E-state index contributed by atoms with van der Waals surface area (Å²) < 4.78 is 12.6. The number of unbranched alkanes of at least 4 members (excludes halogenated alkanes) is 4. The summed E-state index contributed by atoms with van der Waals surface area (Å²) in [5.74, 6) is -0.0993. The van der Waals surface area contributed by atoms with Crippen molar-refractivity contribution in [3.63, 3.8) is 0 Å². The minimum absolute atomic E-state index is 0.221. The van der Waals surface area contributed by atoms with Crippen molar-refractivity contribution in [1.29, 1.82) is 0 Å². The first-order valence-corrected chi connectivity index (χ1v) is 13.1. The summed E-state index contributed by atoms with van der Waals surface area (Å²) in [5, 5.41) is 12.8. The maximum Gasteiger partial charge on any atom is 0.329 e. The summed E-state index contributed by atoms with van der Waals surface area (Å²) in [5.41, 5.74) is 7.61. The smallest absolute Gasteiger partial charge is 0.329 e. The number of carboxylic acids is 1. The highest BCUT2D eigenvalue weighted by molar-refractivity contribution is 5.76. The van der Waals surface area contributed by atoms with Crippen molar-refractivity contribution in [2.75, 3.05) is 24.7 Å². The van der Waals surface area contributed by atoms with Crippen molar-refractivity contribution in [3.05, 3.63) is 78.2 Å². The minimum Gasteiger partial charge on any atom is -0.480 e. The van der Waals surface area contributed by atoms with E-state index in [0.29, 0.717) is 6.61 Å². The molecule has 2 aromatic carbocycles. The molecule has 8 nitrogen and oxygen atoms in total. The van der Waals surface area contributed by atoms with Gasteiger partial charge in [-0.1, -0.05) is 36.6 Å². The lowest BCUT2D eigenvalue weighted by atomic mass is 10.0. The Kier molecular flexibility index (Phi) is 9.32. The molecule has 8 heteroatoms. The number of imidazole rings is 1. The second-order valence-electron chi connectivity index (χ2n) is 9.55. The Balaban J connectivity index is 1.50. The summed E-state index contributed by atoms with van der Waals surface area (Å²) in [7, 11) is 0. The lowest BCUT2D eigenvalue weighted by Crippen LogP contribution is -2.19. The Morgan fingerprint density at radius 3 is 2.47 bits per heavy atom. The molecule has 1 N–H and O–H groups in total. The Hall–Kier alpha value is -3.91. The van der Waals surface area contributed by atoms with E-state index in [1.807, 2.05) is 24.6 Å². The second kappa shape index (κ2) is 13.1. The number of aromatic nitrogens is 3. The number of hydrogen-bond acceptors (Lipinski definition) is 6. The van der Waals surface area contributed by atoms with E-state index in [9.17, 15) is 4.79 Å². The van der Waals surface area contributed by atoms with Crippen LogP contribution in [-0.4, -0.2) is 45.5 Å². The average Bonchev–Trinajstić information content (AvgIpc) is 3.56. The van der Waals surface area contributed by atoms with E-state index >= 15 is 0 Å². The van der Waals surface area contributed by atoms with E-state index in [1.165, 1.54) is 11.3 Å². The van der Waals surface area contributed by atoms with E-state index in [0.717, 1.165) is 72.6 Å². The van der Waals surface area contributed by atoms with Crippen LogP contribution in [0.25, 0.3) is 16.8 Å². The SMILES string of the molecule is Cc1ccc(-c2c(C)noc2C)cc1N(CCCCCCCOCC(=O)O)c1ccc(-n2ccnc2)cc1. The van der Waals surface area contributed by atoms with Crippen molar-refractivity contribution in [1.82, 2.24) is 14.7 Å². The van der Waals surface area contributed by atoms with Gasteiger partial charge in [0.2, 0.25) is 0 Å². The van der Waals surface area contributed by atoms with Gasteiger partial charge in [-0.25, -0.2) is 9.78 Å². The summed E-state index contributed by atoms with van der Waals surface area (Å²) >= 11 is 0. The second-order valence-corrected chi connectivity index (χ2v) is 9.55. The first-order valence-electron chi connectivity index (χ1n) is 13.1. The van der Waals surface area contributed by atoms with Crippen LogP contribution in [0.4, 0.5) is 11.4 Å². The van der Waals surface area contributed by atoms with Crippen molar-refractivity contribution in [3.8, 4) is 16.8 Å². The molecule has 0 saturated carbocycles. The number of nitrogens with zero attached hydrogens (tertiary/aromatic N) is 4.